The predicted molar refractivity (Wildman–Crippen MR) is 57.0 cm³/mol. The Kier molecular flexibility index (Phi) is 5.99. The van der Waals surface area contributed by atoms with E-state index < -0.39 is 10.4 Å². The lowest BCUT2D eigenvalue weighted by Crippen LogP contribution is -2.17. The first kappa shape index (κ1) is 13.9. The van der Waals surface area contributed by atoms with Crippen LogP contribution in [0.1, 0.15) is 6.92 Å². The molecule has 1 rings (SSSR count). The normalized spacial score (nSPS) is 15.7. The maximum absolute atomic E-state index is 9.33. The van der Waals surface area contributed by atoms with Crippen molar-refractivity contribution in [2.75, 3.05) is 20.8 Å². The summed E-state index contributed by atoms with van der Waals surface area (Å²) in [7, 11) is -1.24. The third-order valence-electron chi connectivity index (χ3n) is 1.45. The molecule has 1 N–H and O–H groups in total. The Labute approximate surface area is 90.4 Å². The van der Waals surface area contributed by atoms with Gasteiger partial charge in [0, 0.05) is 25.6 Å². The molecule has 0 saturated heterocycles. The monoisotopic (exact) mass is 236 g/mol. The van der Waals surface area contributed by atoms with Crippen LogP contribution in [-0.4, -0.2) is 43.6 Å². The molecule has 0 aromatic heterocycles. The van der Waals surface area contributed by atoms with E-state index in [4.69, 9.17) is 4.55 Å². The van der Waals surface area contributed by atoms with Crippen molar-refractivity contribution in [3.8, 4) is 0 Å². The van der Waals surface area contributed by atoms with Crippen molar-refractivity contribution in [1.29, 1.82) is 0 Å². The number of hydrogen-bond donors (Lipinski definition) is 1. The van der Waals surface area contributed by atoms with E-state index in [1.54, 1.807) is 0 Å². The van der Waals surface area contributed by atoms with Gasteiger partial charge in [-0.25, -0.2) is 0 Å². The Bertz CT molecular complexity index is 324. The zero-order valence-electron chi connectivity index (χ0n) is 8.99. The fourth-order valence-corrected chi connectivity index (χ4v) is 0.840. The lowest BCUT2D eigenvalue weighted by Gasteiger charge is -2.12. The van der Waals surface area contributed by atoms with Gasteiger partial charge >= 0.3 is 10.4 Å². The van der Waals surface area contributed by atoms with Crippen molar-refractivity contribution in [1.82, 2.24) is 9.80 Å². The largest absolute Gasteiger partial charge is 0.397 e. The van der Waals surface area contributed by atoms with Crippen LogP contribution < -0.4 is 0 Å². The van der Waals surface area contributed by atoms with Crippen molar-refractivity contribution < 1.29 is 17.2 Å². The summed E-state index contributed by atoms with van der Waals surface area (Å²) in [4.78, 5) is 4.25. The second-order valence-corrected chi connectivity index (χ2v) is 3.98. The van der Waals surface area contributed by atoms with Crippen LogP contribution in [0.5, 0.6) is 0 Å². The summed E-state index contributed by atoms with van der Waals surface area (Å²) < 4.78 is 29.7. The molecule has 0 saturated carbocycles. The van der Waals surface area contributed by atoms with E-state index in [0.29, 0.717) is 0 Å². The summed E-state index contributed by atoms with van der Waals surface area (Å²) in [5, 5.41) is 0. The zero-order chi connectivity index (χ0) is 11.9. The Hall–Kier alpha value is -1.05. The maximum Gasteiger partial charge on any atom is 0.397 e. The van der Waals surface area contributed by atoms with Gasteiger partial charge in [0.25, 0.3) is 0 Å². The Balaban J connectivity index is 0.000000288. The molecule has 15 heavy (non-hydrogen) atoms. The van der Waals surface area contributed by atoms with Crippen molar-refractivity contribution in [2.24, 2.45) is 0 Å². The summed E-state index contributed by atoms with van der Waals surface area (Å²) in [6.07, 6.45) is 8.20. The molecule has 0 aromatic rings. The van der Waals surface area contributed by atoms with Gasteiger partial charge in [-0.1, -0.05) is 6.08 Å². The smallest absolute Gasteiger partial charge is 0.361 e. The lowest BCUT2D eigenvalue weighted by atomic mass is 10.6. The van der Waals surface area contributed by atoms with Gasteiger partial charge < -0.3 is 9.80 Å². The zero-order valence-corrected chi connectivity index (χ0v) is 9.81. The molecule has 0 bridgehead atoms. The van der Waals surface area contributed by atoms with Crippen molar-refractivity contribution >= 4 is 10.4 Å². The minimum Gasteiger partial charge on any atom is -0.361 e. The Morgan fingerprint density at radius 3 is 2.27 bits per heavy atom. The quantitative estimate of drug-likeness (QED) is 0.709. The standard InChI is InChI=1S/C7H12N2.CH4O4S/c1-3-4-9-6-5-8(2)7-9;1-5-6(2,3)4/h3-6H,7H2,1-2H3;1H3,(H,2,3,4). The fourth-order valence-electron chi connectivity index (χ4n) is 0.840. The Morgan fingerprint density at radius 2 is 2.00 bits per heavy atom. The van der Waals surface area contributed by atoms with Gasteiger partial charge in [-0.3, -0.25) is 8.74 Å². The summed E-state index contributed by atoms with van der Waals surface area (Å²) in [6, 6.07) is 0. The first-order valence-electron chi connectivity index (χ1n) is 4.19. The summed E-state index contributed by atoms with van der Waals surface area (Å²) in [6.45, 7) is 3.00. The van der Waals surface area contributed by atoms with Crippen LogP contribution in [0.3, 0.4) is 0 Å². The van der Waals surface area contributed by atoms with Crippen LogP contribution in [0.15, 0.2) is 24.7 Å². The molecule has 7 heteroatoms. The van der Waals surface area contributed by atoms with Gasteiger partial charge in [-0.05, 0) is 6.92 Å². The van der Waals surface area contributed by atoms with Crippen LogP contribution in [0, 0.1) is 0 Å². The van der Waals surface area contributed by atoms with E-state index in [1.807, 2.05) is 13.0 Å². The average molecular weight is 236 g/mol. The molecule has 1 aliphatic heterocycles. The van der Waals surface area contributed by atoms with Gasteiger partial charge in [0.2, 0.25) is 0 Å². The molecule has 0 fully saturated rings. The van der Waals surface area contributed by atoms with E-state index in [2.05, 4.69) is 39.6 Å². The van der Waals surface area contributed by atoms with Crippen LogP contribution in [-0.2, 0) is 14.6 Å². The molecule has 0 unspecified atom stereocenters. The van der Waals surface area contributed by atoms with Crippen LogP contribution in [0.2, 0.25) is 0 Å². The molecule has 88 valence electrons. The van der Waals surface area contributed by atoms with E-state index in [0.717, 1.165) is 13.8 Å². The van der Waals surface area contributed by atoms with E-state index in [9.17, 15) is 8.42 Å². The van der Waals surface area contributed by atoms with Crippen LogP contribution >= 0.6 is 0 Å². The molecule has 1 aliphatic rings. The highest BCUT2D eigenvalue weighted by Crippen LogP contribution is 2.02. The number of hydrogen-bond acceptors (Lipinski definition) is 5. The summed E-state index contributed by atoms with van der Waals surface area (Å²) in [5.74, 6) is 0. The van der Waals surface area contributed by atoms with Crippen molar-refractivity contribution in [3.63, 3.8) is 0 Å². The minimum atomic E-state index is -4.16. The first-order valence-corrected chi connectivity index (χ1v) is 5.55. The molecular weight excluding hydrogens is 220 g/mol. The number of rotatable bonds is 2. The lowest BCUT2D eigenvalue weighted by molar-refractivity contribution is 0.324. The SMILES string of the molecule is CC=CN1C=CN(C)C1.COS(=O)(=O)O. The topological polar surface area (TPSA) is 70.1 Å². The fraction of sp³-hybridized carbons (Fsp3) is 0.500. The molecule has 0 radical (unpaired) electrons. The van der Waals surface area contributed by atoms with Gasteiger partial charge in [0.05, 0.1) is 13.8 Å². The van der Waals surface area contributed by atoms with Gasteiger partial charge in [0.15, 0.2) is 0 Å². The number of nitrogens with zero attached hydrogens (tertiary/aromatic N) is 2. The molecule has 0 aromatic carbocycles. The summed E-state index contributed by atoms with van der Waals surface area (Å²) >= 11 is 0. The van der Waals surface area contributed by atoms with Gasteiger partial charge in [-0.2, -0.15) is 8.42 Å². The average Bonchev–Trinajstić information content (AvgIpc) is 2.52. The second kappa shape index (κ2) is 6.44. The molecule has 6 nitrogen and oxygen atoms in total. The highest BCUT2D eigenvalue weighted by Gasteiger charge is 2.02. The molecule has 0 spiro atoms. The van der Waals surface area contributed by atoms with Crippen LogP contribution in [0.4, 0.5) is 0 Å². The van der Waals surface area contributed by atoms with Crippen molar-refractivity contribution in [2.45, 2.75) is 6.92 Å². The van der Waals surface area contributed by atoms with Gasteiger partial charge in [-0.15, -0.1) is 0 Å². The molecule has 0 atom stereocenters. The predicted octanol–water partition coefficient (Wildman–Crippen LogP) is 0.632. The summed E-state index contributed by atoms with van der Waals surface area (Å²) in [5.41, 5.74) is 0. The highest BCUT2D eigenvalue weighted by molar-refractivity contribution is 7.80. The number of allylic oxidation sites excluding steroid dienone is 1. The van der Waals surface area contributed by atoms with E-state index in [1.165, 1.54) is 0 Å². The maximum atomic E-state index is 9.33. The molecule has 0 amide bonds. The molecule has 0 aliphatic carbocycles. The third-order valence-corrected chi connectivity index (χ3v) is 1.87. The van der Waals surface area contributed by atoms with Crippen LogP contribution in [0.25, 0.3) is 0 Å². The van der Waals surface area contributed by atoms with E-state index >= 15 is 0 Å². The molecule has 1 heterocycles. The minimum absolute atomic E-state index is 0.870. The highest BCUT2D eigenvalue weighted by atomic mass is 32.3. The molecular formula is C8H16N2O4S. The van der Waals surface area contributed by atoms with Gasteiger partial charge in [0.1, 0.15) is 0 Å². The third kappa shape index (κ3) is 7.98. The van der Waals surface area contributed by atoms with E-state index in [-0.39, 0.29) is 0 Å². The second-order valence-electron chi connectivity index (χ2n) is 2.79. The van der Waals surface area contributed by atoms with Crippen molar-refractivity contribution in [3.05, 3.63) is 24.7 Å². The Morgan fingerprint density at radius 1 is 1.47 bits per heavy atom. The first-order chi connectivity index (χ1) is 6.89.